The first-order valence-corrected chi connectivity index (χ1v) is 9.26. The van der Waals surface area contributed by atoms with Gasteiger partial charge in [0.05, 0.1) is 0 Å². The predicted octanol–water partition coefficient (Wildman–Crippen LogP) is 1.63. The molecule has 0 saturated carbocycles. The van der Waals surface area contributed by atoms with Crippen molar-refractivity contribution in [3.63, 3.8) is 0 Å². The molecule has 0 radical (unpaired) electrons. The third-order valence-electron chi connectivity index (χ3n) is 2.25. The molecule has 1 aromatic heterocycles. The van der Waals surface area contributed by atoms with Gasteiger partial charge in [0, 0.05) is 17.4 Å². The Kier molecular flexibility index (Phi) is 5.36. The molecular formula is C9H16N2O3S3. The summed E-state index contributed by atoms with van der Waals surface area (Å²) < 4.78 is 34.9. The first kappa shape index (κ1) is 14.9. The number of sulfone groups is 1. The summed E-state index contributed by atoms with van der Waals surface area (Å²) in [6, 6.07) is 0. The van der Waals surface area contributed by atoms with Crippen LogP contribution >= 0.6 is 11.3 Å². The number of hydrogen-bond donors (Lipinski definition) is 0. The fourth-order valence-corrected chi connectivity index (χ4v) is 4.99. The normalized spacial score (nSPS) is 15.8. The van der Waals surface area contributed by atoms with Crippen LogP contribution in [-0.2, 0) is 21.0 Å². The van der Waals surface area contributed by atoms with Crippen LogP contribution in [0, 0.1) is 0 Å². The molecule has 0 aliphatic heterocycles. The fraction of sp³-hybridized carbons (Fsp3) is 0.778. The van der Waals surface area contributed by atoms with Crippen molar-refractivity contribution < 1.29 is 13.0 Å². The molecule has 0 fully saturated rings. The van der Waals surface area contributed by atoms with Crippen molar-refractivity contribution in [3.05, 3.63) is 0 Å². The molecule has 0 aliphatic rings. The Bertz CT molecular complexity index is 458. The first-order valence-electron chi connectivity index (χ1n) is 5.34. The van der Waals surface area contributed by atoms with Crippen LogP contribution in [-0.4, -0.2) is 34.7 Å². The van der Waals surface area contributed by atoms with Crippen LogP contribution in [0.2, 0.25) is 0 Å². The van der Waals surface area contributed by atoms with Crippen LogP contribution in [0.1, 0.15) is 33.1 Å². The van der Waals surface area contributed by atoms with E-state index in [1.54, 1.807) is 0 Å². The van der Waals surface area contributed by atoms with Gasteiger partial charge < -0.3 is 4.55 Å². The molecule has 2 unspecified atom stereocenters. The zero-order chi connectivity index (χ0) is 13.1. The maximum Gasteiger partial charge on any atom is 0.323 e. The van der Waals surface area contributed by atoms with E-state index in [9.17, 15) is 13.0 Å². The molecule has 0 saturated heterocycles. The largest absolute Gasteiger partial charge is 0.609 e. The Labute approximate surface area is 109 Å². The zero-order valence-electron chi connectivity index (χ0n) is 10.0. The van der Waals surface area contributed by atoms with Gasteiger partial charge in [-0.2, -0.15) is 0 Å². The lowest BCUT2D eigenvalue weighted by Crippen LogP contribution is -2.20. The van der Waals surface area contributed by atoms with Crippen LogP contribution in [0.5, 0.6) is 0 Å². The van der Waals surface area contributed by atoms with Crippen LogP contribution in [0.25, 0.3) is 0 Å². The van der Waals surface area contributed by atoms with Crippen molar-refractivity contribution in [3.8, 4) is 0 Å². The summed E-state index contributed by atoms with van der Waals surface area (Å²) in [5, 5.41) is 7.32. The van der Waals surface area contributed by atoms with E-state index in [2.05, 4.69) is 10.2 Å². The zero-order valence-corrected chi connectivity index (χ0v) is 12.5. The standard InChI is InChI=1S/C9H16N2O3S3/c1-4-6-7(5-2)16(12)8-10-11-9(15-8)17(3,13)14/h7H,4-6H2,1-3H3. The van der Waals surface area contributed by atoms with E-state index < -0.39 is 21.0 Å². The molecule has 0 spiro atoms. The van der Waals surface area contributed by atoms with Crippen LogP contribution in [0.4, 0.5) is 0 Å². The SMILES string of the molecule is CCCC(CC)[S+]([O-])c1nnc(S(C)(=O)=O)s1. The highest BCUT2D eigenvalue weighted by Gasteiger charge is 2.28. The molecule has 0 amide bonds. The van der Waals surface area contributed by atoms with Gasteiger partial charge in [-0.3, -0.25) is 0 Å². The summed E-state index contributed by atoms with van der Waals surface area (Å²) in [4.78, 5) is 0. The van der Waals surface area contributed by atoms with Gasteiger partial charge in [-0.1, -0.05) is 25.4 Å². The Morgan fingerprint density at radius 2 is 2.06 bits per heavy atom. The van der Waals surface area contributed by atoms with Gasteiger partial charge in [-0.25, -0.2) is 8.42 Å². The lowest BCUT2D eigenvalue weighted by atomic mass is 10.2. The third-order valence-corrected chi connectivity index (χ3v) is 6.98. The van der Waals surface area contributed by atoms with E-state index >= 15 is 0 Å². The third kappa shape index (κ3) is 3.90. The van der Waals surface area contributed by atoms with Gasteiger partial charge in [0.2, 0.25) is 14.2 Å². The summed E-state index contributed by atoms with van der Waals surface area (Å²) in [5.74, 6) is 0. The van der Waals surface area contributed by atoms with Crippen LogP contribution in [0.3, 0.4) is 0 Å². The average molecular weight is 296 g/mol. The molecule has 1 heterocycles. The van der Waals surface area contributed by atoms with Gasteiger partial charge in [-0.05, 0) is 24.2 Å². The van der Waals surface area contributed by atoms with Crippen molar-refractivity contribution in [2.45, 2.75) is 47.0 Å². The Morgan fingerprint density at radius 3 is 2.47 bits per heavy atom. The minimum absolute atomic E-state index is 0.0281. The number of nitrogens with zero attached hydrogens (tertiary/aromatic N) is 2. The molecular weight excluding hydrogens is 280 g/mol. The molecule has 1 aromatic rings. The lowest BCUT2D eigenvalue weighted by molar-refractivity contribution is 0.561. The maximum absolute atomic E-state index is 12.1. The average Bonchev–Trinajstić information content (AvgIpc) is 2.73. The summed E-state index contributed by atoms with van der Waals surface area (Å²) in [6.07, 6.45) is 3.65. The van der Waals surface area contributed by atoms with E-state index in [1.165, 1.54) is 0 Å². The highest BCUT2D eigenvalue weighted by Crippen LogP contribution is 2.26. The topological polar surface area (TPSA) is 83.0 Å². The summed E-state index contributed by atoms with van der Waals surface area (Å²) in [7, 11) is -3.35. The Morgan fingerprint density at radius 1 is 1.41 bits per heavy atom. The van der Waals surface area contributed by atoms with Crippen molar-refractivity contribution >= 4 is 32.3 Å². The molecule has 0 aromatic carbocycles. The van der Waals surface area contributed by atoms with E-state index in [1.807, 2.05) is 13.8 Å². The highest BCUT2D eigenvalue weighted by atomic mass is 32.3. The smallest absolute Gasteiger partial charge is 0.323 e. The van der Waals surface area contributed by atoms with Crippen molar-refractivity contribution in [2.75, 3.05) is 6.26 Å². The minimum atomic E-state index is -3.35. The van der Waals surface area contributed by atoms with Gasteiger partial charge >= 0.3 is 4.34 Å². The Hall–Kier alpha value is -0.180. The summed E-state index contributed by atoms with van der Waals surface area (Å²) in [5.41, 5.74) is 0. The molecule has 8 heteroatoms. The second kappa shape index (κ2) is 6.12. The quantitative estimate of drug-likeness (QED) is 0.745. The Balaban J connectivity index is 2.89. The molecule has 17 heavy (non-hydrogen) atoms. The lowest BCUT2D eigenvalue weighted by Gasteiger charge is -2.16. The van der Waals surface area contributed by atoms with Crippen LogP contribution < -0.4 is 0 Å². The number of rotatable bonds is 6. The summed E-state index contributed by atoms with van der Waals surface area (Å²) >= 11 is -0.347. The fourth-order valence-electron chi connectivity index (χ4n) is 1.36. The molecule has 0 aliphatic carbocycles. The van der Waals surface area contributed by atoms with E-state index in [0.29, 0.717) is 4.34 Å². The second-order valence-corrected chi connectivity index (χ2v) is 8.80. The van der Waals surface area contributed by atoms with Gasteiger partial charge in [0.15, 0.2) is 0 Å². The van der Waals surface area contributed by atoms with Crippen molar-refractivity contribution in [2.24, 2.45) is 0 Å². The predicted molar refractivity (Wildman–Crippen MR) is 68.4 cm³/mol. The molecule has 98 valence electrons. The van der Waals surface area contributed by atoms with E-state index in [-0.39, 0.29) is 9.59 Å². The molecule has 1 rings (SSSR count). The first-order chi connectivity index (χ1) is 7.90. The number of aromatic nitrogens is 2. The van der Waals surface area contributed by atoms with Gasteiger partial charge in [0.25, 0.3) is 0 Å². The summed E-state index contributed by atoms with van der Waals surface area (Å²) in [6.45, 7) is 4.00. The van der Waals surface area contributed by atoms with Gasteiger partial charge in [0.1, 0.15) is 5.25 Å². The second-order valence-electron chi connectivity index (χ2n) is 3.72. The number of hydrogen-bond acceptors (Lipinski definition) is 6. The van der Waals surface area contributed by atoms with Crippen molar-refractivity contribution in [1.29, 1.82) is 0 Å². The maximum atomic E-state index is 12.1. The molecule has 2 atom stereocenters. The van der Waals surface area contributed by atoms with Crippen molar-refractivity contribution in [1.82, 2.24) is 10.2 Å². The monoisotopic (exact) mass is 296 g/mol. The van der Waals surface area contributed by atoms with Gasteiger partial charge in [-0.15, -0.1) is 5.10 Å². The van der Waals surface area contributed by atoms with E-state index in [4.69, 9.17) is 0 Å². The molecule has 0 bridgehead atoms. The van der Waals surface area contributed by atoms with E-state index in [0.717, 1.165) is 36.9 Å². The highest BCUT2D eigenvalue weighted by molar-refractivity contribution is 7.95. The minimum Gasteiger partial charge on any atom is -0.609 e. The van der Waals surface area contributed by atoms with Crippen LogP contribution in [0.15, 0.2) is 8.68 Å². The molecule has 5 nitrogen and oxygen atoms in total. The molecule has 0 N–H and O–H groups in total.